The Kier molecular flexibility index (Phi) is 3.09. The number of ketones is 1. The molecule has 5 rings (SSSR count). The number of hydrogen-bond acceptors (Lipinski definition) is 6. The predicted octanol–water partition coefficient (Wildman–Crippen LogP) is 1.91. The SMILES string of the molecule is CN1C(C(=O)c2n[nH]c3cc(-c4nccs4)ccc23)[C@H]2C[C@H]1CN2. The molecule has 0 aliphatic carbocycles. The van der Waals surface area contributed by atoms with Crippen LogP contribution in [-0.2, 0) is 0 Å². The van der Waals surface area contributed by atoms with Gasteiger partial charge in [-0.15, -0.1) is 11.3 Å². The molecular formula is C17H17N5OS. The fourth-order valence-electron chi connectivity index (χ4n) is 4.02. The number of carbonyl (C=O) groups excluding carboxylic acids is 1. The van der Waals surface area contributed by atoms with E-state index in [1.807, 2.05) is 30.6 Å². The fraction of sp³-hybridized carbons (Fsp3) is 0.353. The summed E-state index contributed by atoms with van der Waals surface area (Å²) in [5.74, 6) is 0.102. The van der Waals surface area contributed by atoms with E-state index in [1.165, 1.54) is 0 Å². The van der Waals surface area contributed by atoms with Crippen molar-refractivity contribution in [3.63, 3.8) is 0 Å². The summed E-state index contributed by atoms with van der Waals surface area (Å²) in [5.41, 5.74) is 2.46. The van der Waals surface area contributed by atoms with Crippen LogP contribution in [0.2, 0.25) is 0 Å². The van der Waals surface area contributed by atoms with Gasteiger partial charge in [-0.3, -0.25) is 14.8 Å². The van der Waals surface area contributed by atoms with Gasteiger partial charge in [0.25, 0.3) is 0 Å². The number of aromatic amines is 1. The number of aromatic nitrogens is 3. The van der Waals surface area contributed by atoms with E-state index in [0.717, 1.165) is 34.4 Å². The highest BCUT2D eigenvalue weighted by Gasteiger charge is 2.48. The number of likely N-dealkylation sites (tertiary alicyclic amines) is 1. The van der Waals surface area contributed by atoms with Crippen LogP contribution in [0.4, 0.5) is 0 Å². The molecule has 2 aliphatic heterocycles. The zero-order valence-electron chi connectivity index (χ0n) is 13.2. The number of H-pyrrole nitrogens is 1. The van der Waals surface area contributed by atoms with Crippen molar-refractivity contribution in [2.75, 3.05) is 13.6 Å². The Balaban J connectivity index is 1.52. The molecule has 1 aromatic carbocycles. The van der Waals surface area contributed by atoms with Crippen LogP contribution in [0.25, 0.3) is 21.5 Å². The van der Waals surface area contributed by atoms with Gasteiger partial charge in [0.2, 0.25) is 5.78 Å². The minimum absolute atomic E-state index is 0.102. The highest BCUT2D eigenvalue weighted by atomic mass is 32.1. The van der Waals surface area contributed by atoms with Gasteiger partial charge in [-0.25, -0.2) is 4.98 Å². The van der Waals surface area contributed by atoms with Crippen molar-refractivity contribution in [2.45, 2.75) is 24.5 Å². The number of thiazole rings is 1. The Morgan fingerprint density at radius 3 is 3.08 bits per heavy atom. The molecule has 2 fully saturated rings. The van der Waals surface area contributed by atoms with Gasteiger partial charge in [0.1, 0.15) is 10.7 Å². The van der Waals surface area contributed by atoms with Crippen LogP contribution in [0.5, 0.6) is 0 Å². The lowest BCUT2D eigenvalue weighted by atomic mass is 10.0. The molecule has 6 nitrogen and oxygen atoms in total. The van der Waals surface area contributed by atoms with Crippen LogP contribution in [0.15, 0.2) is 29.8 Å². The minimum Gasteiger partial charge on any atom is -0.310 e. The van der Waals surface area contributed by atoms with Crippen LogP contribution >= 0.6 is 11.3 Å². The van der Waals surface area contributed by atoms with Crippen molar-refractivity contribution in [1.82, 2.24) is 25.4 Å². The number of hydrogen-bond donors (Lipinski definition) is 2. The standard InChI is InChI=1S/C17H17N5OS/c1-22-10-7-13(19-8-10)15(22)16(23)14-11-3-2-9(6-12(11)20-21-14)17-18-4-5-24-17/h2-6,10,13,15,19H,7-8H2,1H3,(H,20,21)/t10-,13+,15?/m0/s1. The molecule has 2 N–H and O–H groups in total. The summed E-state index contributed by atoms with van der Waals surface area (Å²) in [4.78, 5) is 19.6. The molecule has 0 radical (unpaired) electrons. The summed E-state index contributed by atoms with van der Waals surface area (Å²) >= 11 is 1.60. The normalized spacial score (nSPS) is 26.5. The topological polar surface area (TPSA) is 73.9 Å². The van der Waals surface area contributed by atoms with Gasteiger partial charge in [-0.1, -0.05) is 6.07 Å². The van der Waals surface area contributed by atoms with Gasteiger partial charge < -0.3 is 5.32 Å². The fourth-order valence-corrected chi connectivity index (χ4v) is 4.66. The van der Waals surface area contributed by atoms with Crippen LogP contribution < -0.4 is 5.32 Å². The maximum Gasteiger partial charge on any atom is 0.202 e. The quantitative estimate of drug-likeness (QED) is 0.713. The van der Waals surface area contributed by atoms with E-state index in [0.29, 0.717) is 11.7 Å². The summed E-state index contributed by atoms with van der Waals surface area (Å²) in [6, 6.07) is 6.59. The third-order valence-corrected chi connectivity index (χ3v) is 6.10. The Bertz CT molecular complexity index is 916. The molecule has 3 atom stereocenters. The van der Waals surface area contributed by atoms with Crippen molar-refractivity contribution >= 4 is 28.0 Å². The lowest BCUT2D eigenvalue weighted by molar-refractivity contribution is 0.0811. The summed E-state index contributed by atoms with van der Waals surface area (Å²) in [6.07, 6.45) is 2.84. The smallest absolute Gasteiger partial charge is 0.202 e. The van der Waals surface area contributed by atoms with Crippen LogP contribution in [-0.4, -0.2) is 57.6 Å². The second-order valence-corrected chi connectivity index (χ2v) is 7.44. The largest absolute Gasteiger partial charge is 0.310 e. The van der Waals surface area contributed by atoms with Gasteiger partial charge in [0.15, 0.2) is 0 Å². The van der Waals surface area contributed by atoms with Gasteiger partial charge >= 0.3 is 0 Å². The molecule has 24 heavy (non-hydrogen) atoms. The predicted molar refractivity (Wildman–Crippen MR) is 93.3 cm³/mol. The number of likely N-dealkylation sites (N-methyl/N-ethyl adjacent to an activating group) is 1. The number of carbonyl (C=O) groups is 1. The first kappa shape index (κ1) is 14.3. The molecule has 0 spiro atoms. The molecular weight excluding hydrogens is 322 g/mol. The first-order chi connectivity index (χ1) is 11.7. The number of nitrogens with zero attached hydrogens (tertiary/aromatic N) is 3. The van der Waals surface area contributed by atoms with Crippen LogP contribution in [0.1, 0.15) is 16.9 Å². The van der Waals surface area contributed by atoms with Gasteiger partial charge in [0, 0.05) is 41.2 Å². The lowest BCUT2D eigenvalue weighted by Gasteiger charge is -2.30. The van der Waals surface area contributed by atoms with Crippen molar-refractivity contribution < 1.29 is 4.79 Å². The Hall–Kier alpha value is -2.09. The summed E-state index contributed by atoms with van der Waals surface area (Å²) in [6.45, 7) is 0.976. The second kappa shape index (κ2) is 5.20. The molecule has 2 aromatic heterocycles. The number of piperazine rings is 1. The molecule has 1 unspecified atom stereocenters. The van der Waals surface area contributed by atoms with E-state index in [4.69, 9.17) is 0 Å². The van der Waals surface area contributed by atoms with E-state index < -0.39 is 0 Å². The molecule has 122 valence electrons. The van der Waals surface area contributed by atoms with E-state index in [9.17, 15) is 4.79 Å². The first-order valence-electron chi connectivity index (χ1n) is 8.10. The van der Waals surface area contributed by atoms with E-state index in [2.05, 4.69) is 25.4 Å². The summed E-state index contributed by atoms with van der Waals surface area (Å²) in [5, 5.41) is 14.6. The number of nitrogens with one attached hydrogen (secondary N) is 2. The highest BCUT2D eigenvalue weighted by molar-refractivity contribution is 7.13. The van der Waals surface area contributed by atoms with Gasteiger partial charge in [-0.2, -0.15) is 5.10 Å². The molecule has 3 aromatic rings. The number of Topliss-reactive ketones (excluding diaryl/α,β-unsaturated/α-hetero) is 1. The van der Waals surface area contributed by atoms with Crippen molar-refractivity contribution in [3.8, 4) is 10.6 Å². The molecule has 0 amide bonds. The maximum atomic E-state index is 13.1. The monoisotopic (exact) mass is 339 g/mol. The third kappa shape index (κ3) is 1.98. The molecule has 7 heteroatoms. The van der Waals surface area contributed by atoms with Crippen molar-refractivity contribution in [1.29, 1.82) is 0 Å². The van der Waals surface area contributed by atoms with Crippen LogP contribution in [0.3, 0.4) is 0 Å². The minimum atomic E-state index is -0.117. The maximum absolute atomic E-state index is 13.1. The molecule has 0 saturated carbocycles. The van der Waals surface area contributed by atoms with Crippen molar-refractivity contribution in [2.24, 2.45) is 0 Å². The lowest BCUT2D eigenvalue weighted by Crippen LogP contribution is -2.53. The number of rotatable bonds is 3. The van der Waals surface area contributed by atoms with E-state index >= 15 is 0 Å². The first-order valence-corrected chi connectivity index (χ1v) is 8.98. The second-order valence-electron chi connectivity index (χ2n) is 6.55. The zero-order valence-corrected chi connectivity index (χ0v) is 14.0. The molecule has 2 aliphatic rings. The molecule has 4 heterocycles. The van der Waals surface area contributed by atoms with Crippen LogP contribution in [0, 0.1) is 0 Å². The molecule has 2 bridgehead atoms. The average molecular weight is 339 g/mol. The number of benzene rings is 1. The van der Waals surface area contributed by atoms with Crippen molar-refractivity contribution in [3.05, 3.63) is 35.5 Å². The summed E-state index contributed by atoms with van der Waals surface area (Å²) < 4.78 is 0. The highest BCUT2D eigenvalue weighted by Crippen LogP contribution is 2.32. The number of fused-ring (bicyclic) bond motifs is 3. The average Bonchev–Trinajstić information content (AvgIpc) is 3.36. The Labute approximate surface area is 142 Å². The Morgan fingerprint density at radius 2 is 2.33 bits per heavy atom. The van der Waals surface area contributed by atoms with Gasteiger partial charge in [0.05, 0.1) is 11.6 Å². The zero-order chi connectivity index (χ0) is 16.3. The third-order valence-electron chi connectivity index (χ3n) is 5.28. The van der Waals surface area contributed by atoms with E-state index in [1.54, 1.807) is 17.5 Å². The van der Waals surface area contributed by atoms with Gasteiger partial charge in [-0.05, 0) is 25.6 Å². The molecule has 2 saturated heterocycles. The Morgan fingerprint density at radius 1 is 1.42 bits per heavy atom. The summed E-state index contributed by atoms with van der Waals surface area (Å²) in [7, 11) is 2.05. The van der Waals surface area contributed by atoms with E-state index in [-0.39, 0.29) is 17.9 Å².